The van der Waals surface area contributed by atoms with Gasteiger partial charge in [-0.2, -0.15) is 0 Å². The Bertz CT molecular complexity index is 1710. The van der Waals surface area contributed by atoms with Crippen molar-refractivity contribution in [2.24, 2.45) is 0 Å². The molecule has 11 heteroatoms. The van der Waals surface area contributed by atoms with Crippen molar-refractivity contribution in [3.8, 4) is 11.5 Å². The van der Waals surface area contributed by atoms with Crippen LogP contribution in [0.4, 0.5) is 5.69 Å². The molecule has 4 aromatic rings. The summed E-state index contributed by atoms with van der Waals surface area (Å²) in [6.07, 6.45) is 0.697. The molecule has 0 aliphatic rings. The van der Waals surface area contributed by atoms with Gasteiger partial charge in [0.15, 0.2) is 0 Å². The van der Waals surface area contributed by atoms with Crippen LogP contribution in [0.25, 0.3) is 0 Å². The Hall–Kier alpha value is -4.05. The lowest BCUT2D eigenvalue weighted by Gasteiger charge is -2.32. The van der Waals surface area contributed by atoms with Crippen molar-refractivity contribution in [3.63, 3.8) is 0 Å². The fraction of sp³-hybridized carbons (Fsp3) is 0.235. The Morgan fingerprint density at radius 3 is 2.04 bits per heavy atom. The molecule has 1 N–H and O–H groups in total. The van der Waals surface area contributed by atoms with E-state index < -0.39 is 28.5 Å². The summed E-state index contributed by atoms with van der Waals surface area (Å²) in [6, 6.07) is 27.2. The average Bonchev–Trinajstić information content (AvgIpc) is 3.04. The van der Waals surface area contributed by atoms with Gasteiger partial charge in [-0.1, -0.05) is 72.6 Å². The number of carbonyl (C=O) groups excluding carboxylic acids is 2. The second-order valence-electron chi connectivity index (χ2n) is 10.5. The van der Waals surface area contributed by atoms with E-state index in [2.05, 4.69) is 5.32 Å². The zero-order valence-electron chi connectivity index (χ0n) is 25.2. The van der Waals surface area contributed by atoms with Gasteiger partial charge in [-0.25, -0.2) is 8.42 Å². The molecule has 0 saturated heterocycles. The largest absolute Gasteiger partial charge is 0.457 e. The molecule has 0 fully saturated rings. The molecule has 0 saturated carbocycles. The number of benzene rings is 4. The highest BCUT2D eigenvalue weighted by Crippen LogP contribution is 2.29. The average molecular weight is 669 g/mol. The van der Waals surface area contributed by atoms with Gasteiger partial charge in [-0.05, 0) is 86.5 Å². The number of nitrogens with zero attached hydrogens (tertiary/aromatic N) is 2. The molecular formula is C34H35Cl2N3O5S. The standard InChI is InChI=1S/C34H35Cl2N3O5S/c1-4-24(2)37-34(41)25(3)38(22-26-15-16-27(35)21-32(26)36)33(40)23-39(45(42,43)31-13-9-6-10-14-31)28-17-19-30(20-18-28)44-29-11-7-5-8-12-29/h5-21,24-25H,4,22-23H2,1-3H3,(H,37,41)/t24-,25-/m1/s1. The molecule has 2 amide bonds. The van der Waals surface area contributed by atoms with Gasteiger partial charge in [0, 0.05) is 22.6 Å². The molecular weight excluding hydrogens is 633 g/mol. The number of anilines is 1. The predicted octanol–water partition coefficient (Wildman–Crippen LogP) is 7.31. The molecule has 45 heavy (non-hydrogen) atoms. The van der Waals surface area contributed by atoms with Gasteiger partial charge >= 0.3 is 0 Å². The van der Waals surface area contributed by atoms with Crippen LogP contribution in [0.3, 0.4) is 0 Å². The number of para-hydroxylation sites is 1. The number of amides is 2. The molecule has 0 radical (unpaired) electrons. The number of nitrogens with one attached hydrogen (secondary N) is 1. The monoisotopic (exact) mass is 667 g/mol. The van der Waals surface area contributed by atoms with Crippen molar-refractivity contribution in [3.05, 3.63) is 119 Å². The lowest BCUT2D eigenvalue weighted by Crippen LogP contribution is -2.52. The second-order valence-corrected chi connectivity index (χ2v) is 13.2. The van der Waals surface area contributed by atoms with Gasteiger partial charge in [0.1, 0.15) is 24.1 Å². The third-order valence-corrected chi connectivity index (χ3v) is 9.61. The highest BCUT2D eigenvalue weighted by Gasteiger charge is 2.33. The van der Waals surface area contributed by atoms with Crippen molar-refractivity contribution in [2.75, 3.05) is 10.8 Å². The van der Waals surface area contributed by atoms with Crippen LogP contribution in [-0.4, -0.2) is 43.8 Å². The molecule has 0 heterocycles. The number of rotatable bonds is 13. The first-order chi connectivity index (χ1) is 21.5. The number of ether oxygens (including phenoxy) is 1. The highest BCUT2D eigenvalue weighted by atomic mass is 35.5. The Labute approximate surface area is 274 Å². The van der Waals surface area contributed by atoms with Crippen LogP contribution in [0.15, 0.2) is 108 Å². The molecule has 8 nitrogen and oxygen atoms in total. The number of halogens is 2. The summed E-state index contributed by atoms with van der Waals surface area (Å²) in [5, 5.41) is 3.65. The fourth-order valence-corrected chi connectivity index (χ4v) is 6.34. The fourth-order valence-electron chi connectivity index (χ4n) is 4.44. The lowest BCUT2D eigenvalue weighted by atomic mass is 10.1. The van der Waals surface area contributed by atoms with Gasteiger partial charge in [0.25, 0.3) is 10.0 Å². The van der Waals surface area contributed by atoms with E-state index in [9.17, 15) is 18.0 Å². The first-order valence-electron chi connectivity index (χ1n) is 14.4. The van der Waals surface area contributed by atoms with Crippen LogP contribution in [0.1, 0.15) is 32.8 Å². The van der Waals surface area contributed by atoms with Crippen LogP contribution < -0.4 is 14.4 Å². The minimum atomic E-state index is -4.21. The van der Waals surface area contributed by atoms with Crippen LogP contribution in [0.5, 0.6) is 11.5 Å². The van der Waals surface area contributed by atoms with Crippen molar-refractivity contribution in [2.45, 2.75) is 50.7 Å². The number of hydrogen-bond donors (Lipinski definition) is 1. The smallest absolute Gasteiger partial charge is 0.264 e. The van der Waals surface area contributed by atoms with Crippen molar-refractivity contribution < 1.29 is 22.7 Å². The summed E-state index contributed by atoms with van der Waals surface area (Å²) < 4.78 is 34.9. The van der Waals surface area contributed by atoms with Crippen LogP contribution in [-0.2, 0) is 26.2 Å². The summed E-state index contributed by atoms with van der Waals surface area (Å²) in [6.45, 7) is 4.78. The molecule has 0 aliphatic carbocycles. The maximum Gasteiger partial charge on any atom is 0.264 e. The molecule has 0 spiro atoms. The van der Waals surface area contributed by atoms with E-state index in [-0.39, 0.29) is 29.1 Å². The third-order valence-electron chi connectivity index (χ3n) is 7.24. The van der Waals surface area contributed by atoms with E-state index in [0.29, 0.717) is 33.5 Å². The molecule has 0 aromatic heterocycles. The number of sulfonamides is 1. The minimum absolute atomic E-state index is 0.0114. The normalized spacial score (nSPS) is 12.6. The van der Waals surface area contributed by atoms with Gasteiger partial charge < -0.3 is 15.0 Å². The molecule has 0 bridgehead atoms. The Morgan fingerprint density at radius 2 is 1.44 bits per heavy atom. The van der Waals surface area contributed by atoms with Gasteiger partial charge in [-0.3, -0.25) is 13.9 Å². The molecule has 0 unspecified atom stereocenters. The summed E-state index contributed by atoms with van der Waals surface area (Å²) in [5.41, 5.74) is 0.797. The predicted molar refractivity (Wildman–Crippen MR) is 178 cm³/mol. The lowest BCUT2D eigenvalue weighted by molar-refractivity contribution is -0.139. The Morgan fingerprint density at radius 1 is 0.844 bits per heavy atom. The van der Waals surface area contributed by atoms with Crippen molar-refractivity contribution >= 4 is 50.7 Å². The molecule has 236 valence electrons. The summed E-state index contributed by atoms with van der Waals surface area (Å²) in [4.78, 5) is 28.7. The first-order valence-corrected chi connectivity index (χ1v) is 16.6. The van der Waals surface area contributed by atoms with Crippen LogP contribution in [0.2, 0.25) is 10.0 Å². The minimum Gasteiger partial charge on any atom is -0.457 e. The molecule has 4 aromatic carbocycles. The maximum atomic E-state index is 14.1. The van der Waals surface area contributed by atoms with Gasteiger partial charge in [0.2, 0.25) is 11.8 Å². The molecule has 4 rings (SSSR count). The summed E-state index contributed by atoms with van der Waals surface area (Å²) in [7, 11) is -4.21. The summed E-state index contributed by atoms with van der Waals surface area (Å²) >= 11 is 12.5. The SMILES string of the molecule is CC[C@@H](C)NC(=O)[C@@H](C)N(Cc1ccc(Cl)cc1Cl)C(=O)CN(c1ccc(Oc2ccccc2)cc1)S(=O)(=O)c1ccccc1. The Kier molecular flexibility index (Phi) is 11.5. The number of hydrogen-bond acceptors (Lipinski definition) is 5. The van der Waals surface area contributed by atoms with Gasteiger partial charge in [0.05, 0.1) is 10.6 Å². The first kappa shape index (κ1) is 33.8. The molecule has 0 aliphatic heterocycles. The maximum absolute atomic E-state index is 14.1. The third kappa shape index (κ3) is 8.78. The molecule has 2 atom stereocenters. The van der Waals surface area contributed by atoms with E-state index in [4.69, 9.17) is 27.9 Å². The van der Waals surface area contributed by atoms with E-state index in [1.807, 2.05) is 32.0 Å². The highest BCUT2D eigenvalue weighted by molar-refractivity contribution is 7.92. The van der Waals surface area contributed by atoms with E-state index >= 15 is 0 Å². The topological polar surface area (TPSA) is 96.0 Å². The quantitative estimate of drug-likeness (QED) is 0.161. The zero-order chi connectivity index (χ0) is 32.6. The Balaban J connectivity index is 1.70. The zero-order valence-corrected chi connectivity index (χ0v) is 27.5. The van der Waals surface area contributed by atoms with E-state index in [1.54, 1.807) is 79.7 Å². The number of carbonyl (C=O) groups is 2. The van der Waals surface area contributed by atoms with E-state index in [1.165, 1.54) is 17.0 Å². The second kappa shape index (κ2) is 15.3. The van der Waals surface area contributed by atoms with Crippen molar-refractivity contribution in [1.29, 1.82) is 0 Å². The summed E-state index contributed by atoms with van der Waals surface area (Å²) in [5.74, 6) is 0.137. The van der Waals surface area contributed by atoms with Gasteiger partial charge in [-0.15, -0.1) is 0 Å². The van der Waals surface area contributed by atoms with Crippen molar-refractivity contribution in [1.82, 2.24) is 10.2 Å². The van der Waals surface area contributed by atoms with Crippen LogP contribution in [0, 0.1) is 0 Å². The van der Waals surface area contributed by atoms with Crippen LogP contribution >= 0.6 is 23.2 Å². The van der Waals surface area contributed by atoms with E-state index in [0.717, 1.165) is 4.31 Å².